The van der Waals surface area contributed by atoms with Crippen LogP contribution in [0.4, 0.5) is 0 Å². The van der Waals surface area contributed by atoms with Crippen molar-refractivity contribution in [3.63, 3.8) is 0 Å². The Kier molecular flexibility index (Phi) is 7.95. The molecule has 1 unspecified atom stereocenters. The molecular formula is C11H21NO3. The SMILES string of the molecule is C=CCN(CC(=O)OCC)C(C)COC. The van der Waals surface area contributed by atoms with Crippen LogP contribution in [-0.4, -0.2) is 50.3 Å². The number of hydrogen-bond acceptors (Lipinski definition) is 4. The number of methoxy groups -OCH3 is 1. The first kappa shape index (κ1) is 14.1. The Morgan fingerprint density at radius 1 is 1.60 bits per heavy atom. The normalized spacial score (nSPS) is 12.5. The lowest BCUT2D eigenvalue weighted by molar-refractivity contribution is -0.145. The maximum absolute atomic E-state index is 11.3. The van der Waals surface area contributed by atoms with E-state index in [1.54, 1.807) is 20.1 Å². The monoisotopic (exact) mass is 215 g/mol. The highest BCUT2D eigenvalue weighted by atomic mass is 16.5. The van der Waals surface area contributed by atoms with Gasteiger partial charge in [0.15, 0.2) is 0 Å². The molecule has 4 nitrogen and oxygen atoms in total. The molecule has 0 amide bonds. The van der Waals surface area contributed by atoms with Crippen molar-refractivity contribution in [1.29, 1.82) is 0 Å². The average molecular weight is 215 g/mol. The molecule has 88 valence electrons. The van der Waals surface area contributed by atoms with E-state index in [0.717, 1.165) is 0 Å². The molecule has 0 rings (SSSR count). The number of hydrogen-bond donors (Lipinski definition) is 0. The Morgan fingerprint density at radius 3 is 2.73 bits per heavy atom. The van der Waals surface area contributed by atoms with Crippen LogP contribution >= 0.6 is 0 Å². The fourth-order valence-electron chi connectivity index (χ4n) is 1.29. The molecule has 0 aromatic rings. The largest absolute Gasteiger partial charge is 0.465 e. The predicted octanol–water partition coefficient (Wildman–Crippen LogP) is 1.07. The van der Waals surface area contributed by atoms with Crippen LogP contribution in [0.5, 0.6) is 0 Å². The Hall–Kier alpha value is -0.870. The zero-order chi connectivity index (χ0) is 11.7. The maximum atomic E-state index is 11.3. The van der Waals surface area contributed by atoms with E-state index in [9.17, 15) is 4.79 Å². The Balaban J connectivity index is 4.12. The van der Waals surface area contributed by atoms with Gasteiger partial charge in [-0.25, -0.2) is 0 Å². The van der Waals surface area contributed by atoms with Crippen LogP contribution in [0.3, 0.4) is 0 Å². The molecule has 0 aliphatic heterocycles. The van der Waals surface area contributed by atoms with Crippen LogP contribution in [0.2, 0.25) is 0 Å². The van der Waals surface area contributed by atoms with Gasteiger partial charge in [0, 0.05) is 19.7 Å². The van der Waals surface area contributed by atoms with Crippen LogP contribution in [0.25, 0.3) is 0 Å². The van der Waals surface area contributed by atoms with Gasteiger partial charge in [0.25, 0.3) is 0 Å². The summed E-state index contributed by atoms with van der Waals surface area (Å²) in [6.45, 7) is 9.41. The van der Waals surface area contributed by atoms with Crippen LogP contribution in [0.1, 0.15) is 13.8 Å². The van der Waals surface area contributed by atoms with Gasteiger partial charge < -0.3 is 9.47 Å². The highest BCUT2D eigenvalue weighted by Gasteiger charge is 2.16. The van der Waals surface area contributed by atoms with Gasteiger partial charge in [0.2, 0.25) is 0 Å². The third kappa shape index (κ3) is 6.25. The van der Waals surface area contributed by atoms with Crippen LogP contribution in [0.15, 0.2) is 12.7 Å². The van der Waals surface area contributed by atoms with Crippen LogP contribution in [-0.2, 0) is 14.3 Å². The zero-order valence-corrected chi connectivity index (χ0v) is 9.86. The molecule has 0 aliphatic carbocycles. The van der Waals surface area contributed by atoms with Gasteiger partial charge in [0.1, 0.15) is 0 Å². The number of carbonyl (C=O) groups is 1. The minimum Gasteiger partial charge on any atom is -0.465 e. The molecule has 0 N–H and O–H groups in total. The topological polar surface area (TPSA) is 38.8 Å². The molecule has 0 bridgehead atoms. The molecule has 0 aromatic heterocycles. The average Bonchev–Trinajstić information content (AvgIpc) is 2.18. The smallest absolute Gasteiger partial charge is 0.320 e. The molecule has 1 atom stereocenters. The Labute approximate surface area is 91.8 Å². The quantitative estimate of drug-likeness (QED) is 0.448. The van der Waals surface area contributed by atoms with Gasteiger partial charge in [0.05, 0.1) is 19.8 Å². The van der Waals surface area contributed by atoms with Gasteiger partial charge in [-0.05, 0) is 13.8 Å². The van der Waals surface area contributed by atoms with E-state index in [1.165, 1.54) is 0 Å². The third-order valence-corrected chi connectivity index (χ3v) is 2.03. The molecule has 0 aromatic carbocycles. The first-order valence-electron chi connectivity index (χ1n) is 5.15. The van der Waals surface area contributed by atoms with Gasteiger partial charge >= 0.3 is 5.97 Å². The summed E-state index contributed by atoms with van der Waals surface area (Å²) in [4.78, 5) is 13.3. The molecule has 0 saturated heterocycles. The zero-order valence-electron chi connectivity index (χ0n) is 9.86. The molecule has 0 radical (unpaired) electrons. The third-order valence-electron chi connectivity index (χ3n) is 2.03. The minimum atomic E-state index is -0.206. The summed E-state index contributed by atoms with van der Waals surface area (Å²) in [5, 5.41) is 0. The standard InChI is InChI=1S/C11H21NO3/c1-5-7-12(10(3)9-14-4)8-11(13)15-6-2/h5,10H,1,6-9H2,2-4H3. The molecule has 0 saturated carbocycles. The fourth-order valence-corrected chi connectivity index (χ4v) is 1.29. The highest BCUT2D eigenvalue weighted by Crippen LogP contribution is 2.00. The van der Waals surface area contributed by atoms with Gasteiger partial charge in [-0.2, -0.15) is 0 Å². The summed E-state index contributed by atoms with van der Waals surface area (Å²) in [6.07, 6.45) is 1.77. The second kappa shape index (κ2) is 8.44. The highest BCUT2D eigenvalue weighted by molar-refractivity contribution is 5.71. The summed E-state index contributed by atoms with van der Waals surface area (Å²) < 4.78 is 9.94. The molecular weight excluding hydrogens is 194 g/mol. The summed E-state index contributed by atoms with van der Waals surface area (Å²) in [5.41, 5.74) is 0. The lowest BCUT2D eigenvalue weighted by Gasteiger charge is -2.26. The number of ether oxygens (including phenoxy) is 2. The van der Waals surface area contributed by atoms with E-state index < -0.39 is 0 Å². The van der Waals surface area contributed by atoms with Gasteiger partial charge in [-0.1, -0.05) is 6.08 Å². The molecule has 15 heavy (non-hydrogen) atoms. The van der Waals surface area contributed by atoms with Crippen molar-refractivity contribution in [2.45, 2.75) is 19.9 Å². The summed E-state index contributed by atoms with van der Waals surface area (Å²) in [6, 6.07) is 0.178. The minimum absolute atomic E-state index is 0.178. The summed E-state index contributed by atoms with van der Waals surface area (Å²) in [5.74, 6) is -0.206. The molecule has 0 fully saturated rings. The second-order valence-electron chi connectivity index (χ2n) is 3.33. The summed E-state index contributed by atoms with van der Waals surface area (Å²) in [7, 11) is 1.65. The van der Waals surface area contributed by atoms with Crippen molar-refractivity contribution >= 4 is 5.97 Å². The molecule has 0 spiro atoms. The lowest BCUT2D eigenvalue weighted by atomic mass is 10.3. The van der Waals surface area contributed by atoms with E-state index in [2.05, 4.69) is 6.58 Å². The number of nitrogens with zero attached hydrogens (tertiary/aromatic N) is 1. The number of rotatable bonds is 8. The second-order valence-corrected chi connectivity index (χ2v) is 3.33. The van der Waals surface area contributed by atoms with Crippen molar-refractivity contribution in [3.8, 4) is 0 Å². The molecule has 0 aliphatic rings. The first-order chi connectivity index (χ1) is 7.15. The number of carbonyl (C=O) groups excluding carboxylic acids is 1. The molecule has 4 heteroatoms. The Bertz CT molecular complexity index is 194. The van der Waals surface area contributed by atoms with E-state index >= 15 is 0 Å². The van der Waals surface area contributed by atoms with Crippen molar-refractivity contribution in [2.75, 3.05) is 33.4 Å². The van der Waals surface area contributed by atoms with Crippen molar-refractivity contribution in [3.05, 3.63) is 12.7 Å². The number of esters is 1. The van der Waals surface area contributed by atoms with Gasteiger partial charge in [-0.3, -0.25) is 9.69 Å². The van der Waals surface area contributed by atoms with Crippen LogP contribution < -0.4 is 0 Å². The fraction of sp³-hybridized carbons (Fsp3) is 0.727. The van der Waals surface area contributed by atoms with Gasteiger partial charge in [-0.15, -0.1) is 6.58 Å². The van der Waals surface area contributed by atoms with E-state index in [4.69, 9.17) is 9.47 Å². The first-order valence-corrected chi connectivity index (χ1v) is 5.15. The van der Waals surface area contributed by atoms with E-state index in [1.807, 2.05) is 11.8 Å². The van der Waals surface area contributed by atoms with Crippen molar-refractivity contribution in [2.24, 2.45) is 0 Å². The van der Waals surface area contributed by atoms with Crippen LogP contribution in [0, 0.1) is 0 Å². The maximum Gasteiger partial charge on any atom is 0.320 e. The molecule has 0 heterocycles. The summed E-state index contributed by atoms with van der Waals surface area (Å²) >= 11 is 0. The van der Waals surface area contributed by atoms with E-state index in [0.29, 0.717) is 19.8 Å². The predicted molar refractivity (Wildman–Crippen MR) is 59.7 cm³/mol. The van der Waals surface area contributed by atoms with E-state index in [-0.39, 0.29) is 18.6 Å². The lowest BCUT2D eigenvalue weighted by Crippen LogP contribution is -2.40. The van der Waals surface area contributed by atoms with Crippen molar-refractivity contribution < 1.29 is 14.3 Å². The van der Waals surface area contributed by atoms with Crippen molar-refractivity contribution in [1.82, 2.24) is 4.90 Å². The Morgan fingerprint density at radius 2 is 2.27 bits per heavy atom.